The Bertz CT molecular complexity index is 840. The topological polar surface area (TPSA) is 78.6 Å². The number of aromatic nitrogens is 2. The zero-order valence-electron chi connectivity index (χ0n) is 16.5. The van der Waals surface area contributed by atoms with Gasteiger partial charge in [0.2, 0.25) is 5.91 Å². The first-order valence-electron chi connectivity index (χ1n) is 10.2. The molecule has 154 valence electrons. The molecule has 0 saturated carbocycles. The summed E-state index contributed by atoms with van der Waals surface area (Å²) in [4.78, 5) is 27.4. The van der Waals surface area contributed by atoms with Crippen molar-refractivity contribution in [1.82, 2.24) is 14.9 Å². The molecule has 0 aromatic carbocycles. The second-order valence-electron chi connectivity index (χ2n) is 7.82. The lowest BCUT2D eigenvalue weighted by molar-refractivity contribution is 0.1000. The highest BCUT2D eigenvalue weighted by Crippen LogP contribution is 2.29. The molecule has 2 aromatic rings. The lowest BCUT2D eigenvalue weighted by Gasteiger charge is -2.40. The minimum absolute atomic E-state index is 0.345. The van der Waals surface area contributed by atoms with Crippen molar-refractivity contribution < 1.29 is 4.79 Å². The number of rotatable bonds is 5. The number of primary amides is 1. The van der Waals surface area contributed by atoms with Gasteiger partial charge in [-0.1, -0.05) is 17.7 Å². The lowest BCUT2D eigenvalue weighted by Crippen LogP contribution is -2.50. The zero-order chi connectivity index (χ0) is 20.2. The van der Waals surface area contributed by atoms with Crippen LogP contribution in [0.4, 0.5) is 11.6 Å². The number of hydrogen-bond donors (Lipinski definition) is 1. The van der Waals surface area contributed by atoms with Crippen LogP contribution < -0.4 is 15.5 Å². The third-order valence-electron chi connectivity index (χ3n) is 5.79. The molecule has 4 heterocycles. The zero-order valence-corrected chi connectivity index (χ0v) is 17.3. The van der Waals surface area contributed by atoms with Crippen molar-refractivity contribution in [2.24, 2.45) is 11.7 Å². The van der Waals surface area contributed by atoms with Gasteiger partial charge >= 0.3 is 0 Å². The molecule has 7 nitrogen and oxygen atoms in total. The predicted molar refractivity (Wildman–Crippen MR) is 116 cm³/mol. The Kier molecular flexibility index (Phi) is 6.16. The maximum atomic E-state index is 11.3. The van der Waals surface area contributed by atoms with Crippen LogP contribution in [-0.2, 0) is 0 Å². The standard InChI is InChI=1S/C21H27ClN6O/c22-18-12-17(20(23)29)13-25-21(18)28-7-3-4-16(15-28)14-26-8-10-27(11-9-26)19-5-1-2-6-24-19/h1-2,5-6,12-13,16H,3-4,7-11,14-15H2,(H2,23,29). The van der Waals surface area contributed by atoms with Gasteiger partial charge in [-0.3, -0.25) is 9.69 Å². The van der Waals surface area contributed by atoms with E-state index in [1.807, 2.05) is 18.3 Å². The fraction of sp³-hybridized carbons (Fsp3) is 0.476. The van der Waals surface area contributed by atoms with Gasteiger partial charge in [-0.15, -0.1) is 0 Å². The van der Waals surface area contributed by atoms with Gasteiger partial charge in [-0.2, -0.15) is 0 Å². The highest BCUT2D eigenvalue weighted by atomic mass is 35.5. The van der Waals surface area contributed by atoms with Crippen molar-refractivity contribution in [2.45, 2.75) is 12.8 Å². The van der Waals surface area contributed by atoms with Gasteiger partial charge in [0.25, 0.3) is 0 Å². The smallest absolute Gasteiger partial charge is 0.250 e. The Morgan fingerprint density at radius 2 is 1.97 bits per heavy atom. The SMILES string of the molecule is NC(=O)c1cnc(N2CCCC(CN3CCN(c4ccccn4)CC3)C2)c(Cl)c1. The summed E-state index contributed by atoms with van der Waals surface area (Å²) in [7, 11) is 0. The minimum Gasteiger partial charge on any atom is -0.366 e. The van der Waals surface area contributed by atoms with Gasteiger partial charge < -0.3 is 15.5 Å². The quantitative estimate of drug-likeness (QED) is 0.808. The molecule has 2 fully saturated rings. The fourth-order valence-electron chi connectivity index (χ4n) is 4.27. The van der Waals surface area contributed by atoms with Gasteiger partial charge in [0.1, 0.15) is 11.6 Å². The number of piperidine rings is 1. The van der Waals surface area contributed by atoms with E-state index >= 15 is 0 Å². The van der Waals surface area contributed by atoms with E-state index in [9.17, 15) is 4.79 Å². The molecular formula is C21H27ClN6O. The molecule has 8 heteroatoms. The Morgan fingerprint density at radius 1 is 1.14 bits per heavy atom. The molecule has 2 aromatic heterocycles. The van der Waals surface area contributed by atoms with Crippen molar-refractivity contribution in [1.29, 1.82) is 0 Å². The van der Waals surface area contributed by atoms with Gasteiger partial charge in [0, 0.05) is 58.2 Å². The average Bonchev–Trinajstić information content (AvgIpc) is 2.75. The number of amides is 1. The van der Waals surface area contributed by atoms with Crippen LogP contribution in [0.25, 0.3) is 0 Å². The summed E-state index contributed by atoms with van der Waals surface area (Å²) in [6.07, 6.45) is 5.71. The maximum absolute atomic E-state index is 11.3. The largest absolute Gasteiger partial charge is 0.366 e. The van der Waals surface area contributed by atoms with Crippen molar-refractivity contribution in [2.75, 3.05) is 55.6 Å². The molecule has 4 rings (SSSR count). The Hall–Kier alpha value is -2.38. The number of nitrogens with zero attached hydrogens (tertiary/aromatic N) is 5. The molecule has 2 saturated heterocycles. The summed E-state index contributed by atoms with van der Waals surface area (Å²) in [5.74, 6) is 1.89. The van der Waals surface area contributed by atoms with E-state index in [0.29, 0.717) is 16.5 Å². The monoisotopic (exact) mass is 414 g/mol. The fourth-order valence-corrected chi connectivity index (χ4v) is 4.56. The van der Waals surface area contributed by atoms with E-state index in [4.69, 9.17) is 17.3 Å². The number of carbonyl (C=O) groups excluding carboxylic acids is 1. The van der Waals surface area contributed by atoms with Gasteiger partial charge in [0.15, 0.2) is 0 Å². The maximum Gasteiger partial charge on any atom is 0.250 e. The molecule has 1 atom stereocenters. The van der Waals surface area contributed by atoms with Crippen LogP contribution in [0.3, 0.4) is 0 Å². The van der Waals surface area contributed by atoms with Crippen molar-refractivity contribution >= 4 is 29.1 Å². The molecule has 0 spiro atoms. The molecule has 2 aliphatic rings. The summed E-state index contributed by atoms with van der Waals surface area (Å²) < 4.78 is 0. The van der Waals surface area contributed by atoms with E-state index in [-0.39, 0.29) is 0 Å². The number of halogens is 1. The minimum atomic E-state index is -0.507. The number of nitrogens with two attached hydrogens (primary N) is 1. The van der Waals surface area contributed by atoms with Crippen molar-refractivity contribution in [3.05, 3.63) is 47.2 Å². The Morgan fingerprint density at radius 3 is 2.66 bits per heavy atom. The van der Waals surface area contributed by atoms with E-state index in [2.05, 4.69) is 30.7 Å². The predicted octanol–water partition coefficient (Wildman–Crippen LogP) is 2.27. The van der Waals surface area contributed by atoms with Crippen LogP contribution in [0.2, 0.25) is 5.02 Å². The van der Waals surface area contributed by atoms with E-state index in [1.54, 1.807) is 6.07 Å². The number of hydrogen-bond acceptors (Lipinski definition) is 6. The van der Waals surface area contributed by atoms with Crippen LogP contribution in [0.5, 0.6) is 0 Å². The lowest BCUT2D eigenvalue weighted by atomic mass is 9.97. The van der Waals surface area contributed by atoms with Crippen LogP contribution in [0, 0.1) is 5.92 Å². The van der Waals surface area contributed by atoms with Crippen molar-refractivity contribution in [3.8, 4) is 0 Å². The van der Waals surface area contributed by atoms with Gasteiger partial charge in [-0.25, -0.2) is 9.97 Å². The van der Waals surface area contributed by atoms with Crippen LogP contribution in [0.15, 0.2) is 36.7 Å². The Labute approximate surface area is 176 Å². The molecular weight excluding hydrogens is 388 g/mol. The van der Waals surface area contributed by atoms with Crippen LogP contribution >= 0.6 is 11.6 Å². The highest BCUT2D eigenvalue weighted by molar-refractivity contribution is 6.33. The van der Waals surface area contributed by atoms with Gasteiger partial charge in [-0.05, 0) is 37.0 Å². The van der Waals surface area contributed by atoms with E-state index < -0.39 is 5.91 Å². The Balaban J connectivity index is 1.32. The molecule has 0 radical (unpaired) electrons. The summed E-state index contributed by atoms with van der Waals surface area (Å²) in [5.41, 5.74) is 5.67. The average molecular weight is 415 g/mol. The van der Waals surface area contributed by atoms with Crippen molar-refractivity contribution in [3.63, 3.8) is 0 Å². The first-order valence-corrected chi connectivity index (χ1v) is 10.6. The number of pyridine rings is 2. The third kappa shape index (κ3) is 4.79. The second kappa shape index (κ2) is 8.97. The highest BCUT2D eigenvalue weighted by Gasteiger charge is 2.26. The molecule has 29 heavy (non-hydrogen) atoms. The van der Waals surface area contributed by atoms with Crippen LogP contribution in [-0.4, -0.2) is 66.6 Å². The second-order valence-corrected chi connectivity index (χ2v) is 8.23. The van der Waals surface area contributed by atoms with E-state index in [1.165, 1.54) is 12.6 Å². The van der Waals surface area contributed by atoms with Crippen LogP contribution in [0.1, 0.15) is 23.2 Å². The molecule has 0 bridgehead atoms. The summed E-state index contributed by atoms with van der Waals surface area (Å²) >= 11 is 6.39. The molecule has 2 N–H and O–H groups in total. The van der Waals surface area contributed by atoms with E-state index in [0.717, 1.165) is 63.9 Å². The number of carbonyl (C=O) groups is 1. The summed E-state index contributed by atoms with van der Waals surface area (Å²) in [6.45, 7) is 7.09. The first-order chi connectivity index (χ1) is 14.1. The molecule has 1 amide bonds. The first kappa shape index (κ1) is 19.9. The van der Waals surface area contributed by atoms with Gasteiger partial charge in [0.05, 0.1) is 10.6 Å². The number of piperazine rings is 1. The molecule has 2 aliphatic heterocycles. The number of anilines is 2. The third-order valence-corrected chi connectivity index (χ3v) is 6.06. The molecule has 0 aliphatic carbocycles. The normalized spacial score (nSPS) is 20.7. The summed E-state index contributed by atoms with van der Waals surface area (Å²) in [6, 6.07) is 7.69. The molecule has 1 unspecified atom stereocenters. The summed E-state index contributed by atoms with van der Waals surface area (Å²) in [5, 5.41) is 0.492.